The molecule has 0 saturated carbocycles. The van der Waals surface area contributed by atoms with Crippen molar-refractivity contribution in [2.24, 2.45) is 0 Å². The summed E-state index contributed by atoms with van der Waals surface area (Å²) in [6.07, 6.45) is 0.0992. The molecule has 0 radical (unpaired) electrons. The summed E-state index contributed by atoms with van der Waals surface area (Å²) in [7, 11) is 2.81. The van der Waals surface area contributed by atoms with E-state index in [0.717, 1.165) is 0 Å². The Morgan fingerprint density at radius 1 is 1.24 bits per heavy atom. The lowest BCUT2D eigenvalue weighted by Gasteiger charge is -2.28. The van der Waals surface area contributed by atoms with Gasteiger partial charge in [0, 0.05) is 20.2 Å². The molecule has 0 aromatic rings. The average Bonchev–Trinajstić information content (AvgIpc) is 2.26. The molecular formula is C11H21NO5. The first kappa shape index (κ1) is 15.9. The van der Waals surface area contributed by atoms with Crippen molar-refractivity contribution in [1.29, 1.82) is 0 Å². The van der Waals surface area contributed by atoms with Crippen LogP contribution in [-0.2, 0) is 19.1 Å². The molecule has 0 rings (SSSR count). The second kappa shape index (κ2) is 7.24. The first-order valence-corrected chi connectivity index (χ1v) is 5.40. The lowest BCUT2D eigenvalue weighted by molar-refractivity contribution is -0.150. The molecule has 6 nitrogen and oxygen atoms in total. The molecule has 0 aromatic carbocycles. The number of ether oxygens (including phenoxy) is 2. The average molecular weight is 247 g/mol. The van der Waals surface area contributed by atoms with Crippen LogP contribution in [0.5, 0.6) is 0 Å². The van der Waals surface area contributed by atoms with Gasteiger partial charge < -0.3 is 19.5 Å². The molecule has 0 fully saturated rings. The van der Waals surface area contributed by atoms with Crippen LogP contribution >= 0.6 is 0 Å². The van der Waals surface area contributed by atoms with Crippen LogP contribution in [0.4, 0.5) is 0 Å². The molecule has 17 heavy (non-hydrogen) atoms. The van der Waals surface area contributed by atoms with Gasteiger partial charge in [0.2, 0.25) is 0 Å². The minimum absolute atomic E-state index is 0.0992. The third kappa shape index (κ3) is 6.23. The predicted octanol–water partition coefficient (Wildman–Crippen LogP) is -0.205. The van der Waals surface area contributed by atoms with Crippen molar-refractivity contribution < 1.29 is 24.2 Å². The summed E-state index contributed by atoms with van der Waals surface area (Å²) in [5.41, 5.74) is -1.45. The number of carbonyl (C=O) groups excluding carboxylic acids is 2. The summed E-state index contributed by atoms with van der Waals surface area (Å²) in [6, 6.07) is 0. The lowest BCUT2D eigenvalue weighted by Crippen LogP contribution is -2.47. The zero-order valence-corrected chi connectivity index (χ0v) is 10.9. The van der Waals surface area contributed by atoms with Crippen molar-refractivity contribution in [3.63, 3.8) is 0 Å². The van der Waals surface area contributed by atoms with Gasteiger partial charge in [0.15, 0.2) is 0 Å². The van der Waals surface area contributed by atoms with Gasteiger partial charge in [-0.15, -0.1) is 0 Å². The van der Waals surface area contributed by atoms with Gasteiger partial charge in [0.05, 0.1) is 20.1 Å². The van der Waals surface area contributed by atoms with Crippen LogP contribution in [0.2, 0.25) is 0 Å². The summed E-state index contributed by atoms with van der Waals surface area (Å²) in [4.78, 5) is 24.2. The molecule has 0 spiro atoms. The number of amides is 1. The highest BCUT2D eigenvalue weighted by Crippen LogP contribution is 2.08. The van der Waals surface area contributed by atoms with Crippen molar-refractivity contribution in [1.82, 2.24) is 4.90 Å². The number of methoxy groups -OCH3 is 2. The normalized spacial score (nSPS) is 11.1. The van der Waals surface area contributed by atoms with Crippen LogP contribution < -0.4 is 0 Å². The molecule has 1 amide bonds. The fraction of sp³-hybridized carbons (Fsp3) is 0.818. The smallest absolute Gasteiger partial charge is 0.307 e. The van der Waals surface area contributed by atoms with Crippen LogP contribution in [-0.4, -0.2) is 61.4 Å². The van der Waals surface area contributed by atoms with E-state index in [-0.39, 0.29) is 13.0 Å². The van der Waals surface area contributed by atoms with E-state index in [1.807, 2.05) is 0 Å². The molecule has 6 heteroatoms. The minimum atomic E-state index is -1.45. The number of hydrogen-bond donors (Lipinski definition) is 1. The van der Waals surface area contributed by atoms with Gasteiger partial charge in [-0.2, -0.15) is 0 Å². The zero-order chi connectivity index (χ0) is 13.5. The van der Waals surface area contributed by atoms with E-state index >= 15 is 0 Å². The lowest BCUT2D eigenvalue weighted by atomic mass is 10.1. The second-order valence-electron chi connectivity index (χ2n) is 4.17. The largest absolute Gasteiger partial charge is 0.469 e. The second-order valence-corrected chi connectivity index (χ2v) is 4.17. The van der Waals surface area contributed by atoms with Crippen LogP contribution in [0, 0.1) is 0 Å². The number of hydrogen-bond acceptors (Lipinski definition) is 5. The predicted molar refractivity (Wildman–Crippen MR) is 61.4 cm³/mol. The minimum Gasteiger partial charge on any atom is -0.469 e. The molecule has 0 saturated heterocycles. The molecule has 1 N–H and O–H groups in total. The molecule has 100 valence electrons. The Morgan fingerprint density at radius 2 is 1.82 bits per heavy atom. The highest BCUT2D eigenvalue weighted by molar-refractivity contribution is 5.84. The molecule has 0 heterocycles. The number of esters is 1. The van der Waals surface area contributed by atoms with Gasteiger partial charge in [-0.3, -0.25) is 9.59 Å². The van der Waals surface area contributed by atoms with Crippen molar-refractivity contribution >= 4 is 11.9 Å². The van der Waals surface area contributed by atoms with Gasteiger partial charge in [-0.25, -0.2) is 0 Å². The van der Waals surface area contributed by atoms with E-state index in [1.165, 1.54) is 33.0 Å². The quantitative estimate of drug-likeness (QED) is 0.630. The number of rotatable bonds is 7. The Kier molecular flexibility index (Phi) is 6.75. The first-order valence-electron chi connectivity index (χ1n) is 5.40. The van der Waals surface area contributed by atoms with Gasteiger partial charge in [-0.05, 0) is 13.8 Å². The Hall–Kier alpha value is -1.14. The molecule has 0 bridgehead atoms. The van der Waals surface area contributed by atoms with E-state index in [2.05, 4.69) is 4.74 Å². The van der Waals surface area contributed by atoms with Crippen LogP contribution in [0.1, 0.15) is 20.3 Å². The van der Waals surface area contributed by atoms with Gasteiger partial charge in [-0.1, -0.05) is 0 Å². The summed E-state index contributed by atoms with van der Waals surface area (Å²) >= 11 is 0. The highest BCUT2D eigenvalue weighted by atomic mass is 16.5. The van der Waals surface area contributed by atoms with E-state index in [9.17, 15) is 14.7 Å². The van der Waals surface area contributed by atoms with E-state index in [1.54, 1.807) is 0 Å². The summed E-state index contributed by atoms with van der Waals surface area (Å²) < 4.78 is 9.38. The van der Waals surface area contributed by atoms with E-state index in [0.29, 0.717) is 13.2 Å². The molecule has 0 aliphatic heterocycles. The van der Waals surface area contributed by atoms with Gasteiger partial charge >= 0.3 is 5.97 Å². The molecule has 0 aliphatic carbocycles. The highest BCUT2D eigenvalue weighted by Gasteiger charge is 2.29. The molecule has 0 aromatic heterocycles. The van der Waals surface area contributed by atoms with Crippen molar-refractivity contribution in [2.45, 2.75) is 25.9 Å². The summed E-state index contributed by atoms with van der Waals surface area (Å²) in [6.45, 7) is 3.71. The third-order valence-electron chi connectivity index (χ3n) is 2.19. The first-order chi connectivity index (χ1) is 7.82. The number of nitrogens with zero attached hydrogens (tertiary/aromatic N) is 1. The maximum absolute atomic E-state index is 11.8. The molecule has 0 unspecified atom stereocenters. The van der Waals surface area contributed by atoms with E-state index < -0.39 is 17.5 Å². The zero-order valence-electron chi connectivity index (χ0n) is 10.9. The maximum Gasteiger partial charge on any atom is 0.307 e. The van der Waals surface area contributed by atoms with Gasteiger partial charge in [0.1, 0.15) is 5.60 Å². The standard InChI is InChI=1S/C11H21NO5/c1-11(2,15)10(14)12(7-8-16-3)6-5-9(13)17-4/h15H,5-8H2,1-4H3. The Balaban J connectivity index is 4.42. The van der Waals surface area contributed by atoms with Crippen LogP contribution in [0.15, 0.2) is 0 Å². The number of carbonyl (C=O) groups is 2. The maximum atomic E-state index is 11.8. The van der Waals surface area contributed by atoms with E-state index in [4.69, 9.17) is 4.74 Å². The Labute approximate surface area is 101 Å². The molecule has 0 atom stereocenters. The Bertz CT molecular complexity index is 259. The van der Waals surface area contributed by atoms with Gasteiger partial charge in [0.25, 0.3) is 5.91 Å². The third-order valence-corrected chi connectivity index (χ3v) is 2.19. The fourth-order valence-corrected chi connectivity index (χ4v) is 1.23. The monoisotopic (exact) mass is 247 g/mol. The van der Waals surface area contributed by atoms with Crippen LogP contribution in [0.25, 0.3) is 0 Å². The number of aliphatic hydroxyl groups is 1. The summed E-state index contributed by atoms with van der Waals surface area (Å²) in [5.74, 6) is -0.825. The van der Waals surface area contributed by atoms with Crippen molar-refractivity contribution in [3.8, 4) is 0 Å². The SMILES string of the molecule is COCCN(CCC(=O)OC)C(=O)C(C)(C)O. The molecular weight excluding hydrogens is 226 g/mol. The van der Waals surface area contributed by atoms with Crippen molar-refractivity contribution in [3.05, 3.63) is 0 Å². The van der Waals surface area contributed by atoms with Crippen LogP contribution in [0.3, 0.4) is 0 Å². The van der Waals surface area contributed by atoms with Crippen molar-refractivity contribution in [2.75, 3.05) is 33.9 Å². The molecule has 0 aliphatic rings. The summed E-state index contributed by atoms with van der Waals surface area (Å²) in [5, 5.41) is 9.63. The topological polar surface area (TPSA) is 76.1 Å². The Morgan fingerprint density at radius 3 is 2.24 bits per heavy atom. The fourth-order valence-electron chi connectivity index (χ4n) is 1.23.